The quantitative estimate of drug-likeness (QED) is 0.737. The van der Waals surface area contributed by atoms with Crippen LogP contribution in [0.15, 0.2) is 35.0 Å². The third-order valence-corrected chi connectivity index (χ3v) is 5.89. The monoisotopic (exact) mass is 397 g/mol. The van der Waals surface area contributed by atoms with Crippen LogP contribution in [0.4, 0.5) is 10.5 Å². The van der Waals surface area contributed by atoms with Crippen LogP contribution < -0.4 is 10.6 Å². The molecule has 134 valence electrons. The topological polar surface area (TPSA) is 44.4 Å². The summed E-state index contributed by atoms with van der Waals surface area (Å²) >= 11 is 13.6. The molecule has 1 aliphatic heterocycles. The van der Waals surface area contributed by atoms with Gasteiger partial charge in [0.1, 0.15) is 0 Å². The standard InChI is InChI=1S/C18H21Cl2N3OS/c19-16-2-1-15(9-17(16)20)22-18(24)21-10-13-3-6-23(7-4-13)11-14-5-8-25-12-14/h1-2,5,8-9,12-13H,3-4,6-7,10-11H2,(H2,21,22,24). The molecule has 0 bridgehead atoms. The van der Waals surface area contributed by atoms with Crippen molar-refractivity contribution in [3.63, 3.8) is 0 Å². The van der Waals surface area contributed by atoms with Crippen molar-refractivity contribution in [2.75, 3.05) is 25.0 Å². The number of halogens is 2. The molecule has 0 aliphatic carbocycles. The highest BCUT2D eigenvalue weighted by Crippen LogP contribution is 2.25. The van der Waals surface area contributed by atoms with Gasteiger partial charge in [0.25, 0.3) is 0 Å². The number of hydrogen-bond acceptors (Lipinski definition) is 3. The minimum Gasteiger partial charge on any atom is -0.338 e. The summed E-state index contributed by atoms with van der Waals surface area (Å²) in [5, 5.41) is 11.0. The largest absolute Gasteiger partial charge is 0.338 e. The first-order valence-electron chi connectivity index (χ1n) is 8.33. The van der Waals surface area contributed by atoms with Crippen molar-refractivity contribution < 1.29 is 4.79 Å². The number of carbonyl (C=O) groups is 1. The van der Waals surface area contributed by atoms with E-state index in [1.807, 2.05) is 0 Å². The molecule has 0 spiro atoms. The van der Waals surface area contributed by atoms with Gasteiger partial charge in [0.05, 0.1) is 10.0 Å². The van der Waals surface area contributed by atoms with Crippen molar-refractivity contribution in [2.24, 2.45) is 5.92 Å². The second kappa shape index (κ2) is 8.90. The summed E-state index contributed by atoms with van der Waals surface area (Å²) in [5.41, 5.74) is 2.03. The molecule has 25 heavy (non-hydrogen) atoms. The molecular weight excluding hydrogens is 377 g/mol. The number of nitrogens with zero attached hydrogens (tertiary/aromatic N) is 1. The molecule has 1 aromatic heterocycles. The van der Waals surface area contributed by atoms with Gasteiger partial charge in [0, 0.05) is 18.8 Å². The summed E-state index contributed by atoms with van der Waals surface area (Å²) in [6.07, 6.45) is 2.22. The third-order valence-electron chi connectivity index (χ3n) is 4.42. The van der Waals surface area contributed by atoms with Crippen molar-refractivity contribution >= 4 is 46.3 Å². The Kier molecular flexibility index (Phi) is 6.59. The molecule has 2 amide bonds. The van der Waals surface area contributed by atoms with Crippen molar-refractivity contribution in [1.29, 1.82) is 0 Å². The van der Waals surface area contributed by atoms with E-state index in [1.165, 1.54) is 5.56 Å². The lowest BCUT2D eigenvalue weighted by molar-refractivity contribution is 0.176. The number of urea groups is 1. The predicted octanol–water partition coefficient (Wildman–Crippen LogP) is 5.09. The Morgan fingerprint density at radius 2 is 2.00 bits per heavy atom. The van der Waals surface area contributed by atoms with Gasteiger partial charge < -0.3 is 10.6 Å². The lowest BCUT2D eigenvalue weighted by atomic mass is 9.96. The van der Waals surface area contributed by atoms with E-state index in [0.29, 0.717) is 28.2 Å². The first-order chi connectivity index (χ1) is 12.1. The van der Waals surface area contributed by atoms with E-state index < -0.39 is 0 Å². The van der Waals surface area contributed by atoms with Crippen molar-refractivity contribution in [2.45, 2.75) is 19.4 Å². The molecule has 0 radical (unpaired) electrons. The van der Waals surface area contributed by atoms with Crippen LogP contribution in [0.25, 0.3) is 0 Å². The fourth-order valence-electron chi connectivity index (χ4n) is 2.98. The molecule has 3 rings (SSSR count). The smallest absolute Gasteiger partial charge is 0.319 e. The van der Waals surface area contributed by atoms with Gasteiger partial charge in [0.2, 0.25) is 0 Å². The Bertz CT molecular complexity index is 700. The molecular formula is C18H21Cl2N3OS. The average molecular weight is 398 g/mol. The molecule has 2 aromatic rings. The number of hydrogen-bond donors (Lipinski definition) is 2. The first-order valence-corrected chi connectivity index (χ1v) is 10.0. The number of nitrogens with one attached hydrogen (secondary N) is 2. The normalized spacial score (nSPS) is 15.9. The van der Waals surface area contributed by atoms with Gasteiger partial charge in [-0.2, -0.15) is 11.3 Å². The van der Waals surface area contributed by atoms with Crippen LogP contribution in [0.5, 0.6) is 0 Å². The molecule has 1 fully saturated rings. The Balaban J connectivity index is 1.37. The average Bonchev–Trinajstić information content (AvgIpc) is 3.11. The summed E-state index contributed by atoms with van der Waals surface area (Å²) in [7, 11) is 0. The fourth-order valence-corrected chi connectivity index (χ4v) is 3.93. The Labute approximate surface area is 162 Å². The highest BCUT2D eigenvalue weighted by atomic mass is 35.5. The molecule has 2 N–H and O–H groups in total. The number of piperidine rings is 1. The molecule has 2 heterocycles. The van der Waals surface area contributed by atoms with Gasteiger partial charge in [-0.05, 0) is 72.4 Å². The molecule has 4 nitrogen and oxygen atoms in total. The highest BCUT2D eigenvalue weighted by molar-refractivity contribution is 7.07. The van der Waals surface area contributed by atoms with Gasteiger partial charge in [-0.3, -0.25) is 4.90 Å². The number of thiophene rings is 1. The van der Waals surface area contributed by atoms with E-state index in [-0.39, 0.29) is 6.03 Å². The number of carbonyl (C=O) groups excluding carboxylic acids is 1. The zero-order chi connectivity index (χ0) is 17.6. The van der Waals surface area contributed by atoms with E-state index in [1.54, 1.807) is 29.5 Å². The SMILES string of the molecule is O=C(NCC1CCN(Cc2ccsc2)CC1)Nc1ccc(Cl)c(Cl)c1. The van der Waals surface area contributed by atoms with Crippen LogP contribution in [0, 0.1) is 5.92 Å². The fraction of sp³-hybridized carbons (Fsp3) is 0.389. The Morgan fingerprint density at radius 1 is 1.20 bits per heavy atom. The molecule has 0 saturated carbocycles. The van der Waals surface area contributed by atoms with Crippen LogP contribution in [0.2, 0.25) is 10.0 Å². The number of benzene rings is 1. The second-order valence-electron chi connectivity index (χ2n) is 6.32. The van der Waals surface area contributed by atoms with E-state index in [4.69, 9.17) is 23.2 Å². The molecule has 0 unspecified atom stereocenters. The lowest BCUT2D eigenvalue weighted by Gasteiger charge is -2.31. The Hall–Kier alpha value is -1.27. The maximum atomic E-state index is 12.0. The highest BCUT2D eigenvalue weighted by Gasteiger charge is 2.19. The van der Waals surface area contributed by atoms with Crippen molar-refractivity contribution in [3.05, 3.63) is 50.6 Å². The minimum atomic E-state index is -0.209. The number of likely N-dealkylation sites (tertiary alicyclic amines) is 1. The van der Waals surface area contributed by atoms with Gasteiger partial charge in [0.15, 0.2) is 0 Å². The molecule has 0 atom stereocenters. The second-order valence-corrected chi connectivity index (χ2v) is 7.91. The van der Waals surface area contributed by atoms with Crippen LogP contribution in [0.1, 0.15) is 18.4 Å². The van der Waals surface area contributed by atoms with E-state index in [0.717, 1.165) is 32.5 Å². The van der Waals surface area contributed by atoms with Crippen LogP contribution in [-0.4, -0.2) is 30.6 Å². The van der Waals surface area contributed by atoms with Crippen molar-refractivity contribution in [3.8, 4) is 0 Å². The summed E-state index contributed by atoms with van der Waals surface area (Å²) < 4.78 is 0. The zero-order valence-electron chi connectivity index (χ0n) is 13.8. The number of amides is 2. The lowest BCUT2D eigenvalue weighted by Crippen LogP contribution is -2.39. The van der Waals surface area contributed by atoms with Crippen LogP contribution in [0.3, 0.4) is 0 Å². The van der Waals surface area contributed by atoms with Gasteiger partial charge >= 0.3 is 6.03 Å². The molecule has 1 aliphatic rings. The van der Waals surface area contributed by atoms with Crippen LogP contribution in [-0.2, 0) is 6.54 Å². The van der Waals surface area contributed by atoms with E-state index in [2.05, 4.69) is 32.4 Å². The summed E-state index contributed by atoms with van der Waals surface area (Å²) in [5.74, 6) is 0.526. The Morgan fingerprint density at radius 3 is 2.68 bits per heavy atom. The summed E-state index contributed by atoms with van der Waals surface area (Å²) in [6, 6.07) is 7.02. The van der Waals surface area contributed by atoms with E-state index in [9.17, 15) is 4.79 Å². The minimum absolute atomic E-state index is 0.209. The van der Waals surface area contributed by atoms with E-state index >= 15 is 0 Å². The summed E-state index contributed by atoms with van der Waals surface area (Å²) in [4.78, 5) is 14.5. The predicted molar refractivity (Wildman–Crippen MR) is 106 cm³/mol. The zero-order valence-corrected chi connectivity index (χ0v) is 16.1. The molecule has 1 aromatic carbocycles. The first kappa shape index (κ1) is 18.5. The third kappa shape index (κ3) is 5.61. The summed E-state index contributed by atoms with van der Waals surface area (Å²) in [6.45, 7) is 3.88. The van der Waals surface area contributed by atoms with Crippen LogP contribution >= 0.6 is 34.5 Å². The van der Waals surface area contributed by atoms with Gasteiger partial charge in [-0.25, -0.2) is 4.79 Å². The maximum Gasteiger partial charge on any atom is 0.319 e. The number of anilines is 1. The maximum absolute atomic E-state index is 12.0. The van der Waals surface area contributed by atoms with Crippen molar-refractivity contribution in [1.82, 2.24) is 10.2 Å². The van der Waals surface area contributed by atoms with Gasteiger partial charge in [-0.15, -0.1) is 0 Å². The molecule has 7 heteroatoms. The molecule has 1 saturated heterocycles. The number of rotatable bonds is 5. The van der Waals surface area contributed by atoms with Gasteiger partial charge in [-0.1, -0.05) is 23.2 Å².